The Morgan fingerprint density at radius 1 is 1.53 bits per heavy atom. The molecule has 0 aromatic carbocycles. The van der Waals surface area contributed by atoms with Crippen LogP contribution in [0.4, 0.5) is 5.82 Å². The third-order valence-corrected chi connectivity index (χ3v) is 3.97. The van der Waals surface area contributed by atoms with Crippen molar-refractivity contribution in [1.29, 1.82) is 5.26 Å². The summed E-state index contributed by atoms with van der Waals surface area (Å²) in [6, 6.07) is 7.81. The Labute approximate surface area is 112 Å². The lowest BCUT2D eigenvalue weighted by atomic mass is 10.3. The van der Waals surface area contributed by atoms with Crippen LogP contribution in [0.15, 0.2) is 34.2 Å². The normalized spacial score (nSPS) is 9.94. The fraction of sp³-hybridized carbons (Fsp3) is 0.167. The summed E-state index contributed by atoms with van der Waals surface area (Å²) in [6.07, 6.45) is 1.59. The maximum absolute atomic E-state index is 8.70. The van der Waals surface area contributed by atoms with Crippen molar-refractivity contribution in [2.75, 3.05) is 11.9 Å². The van der Waals surface area contributed by atoms with Crippen LogP contribution in [0.25, 0.3) is 0 Å². The van der Waals surface area contributed by atoms with Gasteiger partial charge in [-0.15, -0.1) is 11.3 Å². The molecule has 2 rings (SSSR count). The minimum Gasteiger partial charge on any atom is -0.355 e. The largest absolute Gasteiger partial charge is 0.355 e. The van der Waals surface area contributed by atoms with Gasteiger partial charge in [0, 0.05) is 28.0 Å². The Morgan fingerprint density at radius 3 is 2.88 bits per heavy atom. The molecule has 0 bridgehead atoms. The first-order valence-electron chi connectivity index (χ1n) is 4.99. The number of halogens is 1. The molecule has 2 aromatic rings. The van der Waals surface area contributed by atoms with E-state index in [9.17, 15) is 0 Å². The van der Waals surface area contributed by atoms with Crippen LogP contribution in [0.5, 0.6) is 0 Å². The van der Waals surface area contributed by atoms with Gasteiger partial charge in [-0.2, -0.15) is 5.26 Å². The molecule has 86 valence electrons. The van der Waals surface area contributed by atoms with Crippen LogP contribution in [0.1, 0.15) is 10.4 Å². The first-order chi connectivity index (χ1) is 8.19. The number of hydrogen-bond acceptors (Lipinski definition) is 4. The van der Waals surface area contributed by atoms with Crippen molar-refractivity contribution >= 4 is 33.1 Å². The van der Waals surface area contributed by atoms with Gasteiger partial charge in [-0.25, -0.2) is 4.98 Å². The van der Waals surface area contributed by atoms with Crippen LogP contribution in [0.3, 0.4) is 0 Å². The first-order valence-corrected chi connectivity index (χ1v) is 6.66. The van der Waals surface area contributed by atoms with Crippen LogP contribution in [-0.4, -0.2) is 12.0 Å². The number of aromatic nitrogens is 1. The molecule has 0 saturated heterocycles. The Bertz CT molecular complexity index is 542. The fourth-order valence-electron chi connectivity index (χ4n) is 1.43. The molecule has 0 unspecified atom stereocenters. The number of nitriles is 1. The summed E-state index contributed by atoms with van der Waals surface area (Å²) in [7, 11) is 1.99. The average molecular weight is 308 g/mol. The van der Waals surface area contributed by atoms with Crippen LogP contribution < -0.4 is 4.90 Å². The van der Waals surface area contributed by atoms with Gasteiger partial charge in [0.1, 0.15) is 11.9 Å². The summed E-state index contributed by atoms with van der Waals surface area (Å²) in [5.74, 6) is 0.869. The molecule has 5 heteroatoms. The molecule has 0 radical (unpaired) electrons. The van der Waals surface area contributed by atoms with E-state index in [-0.39, 0.29) is 0 Å². The van der Waals surface area contributed by atoms with Crippen molar-refractivity contribution in [2.45, 2.75) is 6.54 Å². The van der Waals surface area contributed by atoms with Crippen molar-refractivity contribution < 1.29 is 0 Å². The molecule has 3 nitrogen and oxygen atoms in total. The maximum atomic E-state index is 8.70. The van der Waals surface area contributed by atoms with E-state index in [1.165, 1.54) is 4.88 Å². The summed E-state index contributed by atoms with van der Waals surface area (Å²) in [6.45, 7) is 0.815. The lowest BCUT2D eigenvalue weighted by Crippen LogP contribution is -2.16. The fourth-order valence-corrected chi connectivity index (χ4v) is 2.93. The summed E-state index contributed by atoms with van der Waals surface area (Å²) >= 11 is 5.15. The Balaban J connectivity index is 2.09. The maximum Gasteiger partial charge on any atom is 0.128 e. The first kappa shape index (κ1) is 12.1. The molecule has 0 aliphatic rings. The van der Waals surface area contributed by atoms with Gasteiger partial charge in [0.25, 0.3) is 0 Å². The van der Waals surface area contributed by atoms with Crippen molar-refractivity contribution in [1.82, 2.24) is 4.98 Å². The zero-order valence-electron chi connectivity index (χ0n) is 9.22. The third kappa shape index (κ3) is 3.05. The van der Waals surface area contributed by atoms with Gasteiger partial charge in [0.15, 0.2) is 0 Å². The molecule has 0 atom stereocenters. The lowest BCUT2D eigenvalue weighted by Gasteiger charge is -2.16. The van der Waals surface area contributed by atoms with Gasteiger partial charge in [-0.3, -0.25) is 0 Å². The molecule has 0 amide bonds. The second-order valence-corrected chi connectivity index (χ2v) is 5.52. The number of anilines is 1. The quantitative estimate of drug-likeness (QED) is 0.872. The van der Waals surface area contributed by atoms with E-state index in [1.807, 2.05) is 13.1 Å². The molecule has 0 fully saturated rings. The minimum absolute atomic E-state index is 0.584. The number of hydrogen-bond donors (Lipinski definition) is 0. The monoisotopic (exact) mass is 307 g/mol. The SMILES string of the molecule is CN(Cc1cc(Br)cs1)c1ccc(C#N)cn1. The van der Waals surface area contributed by atoms with E-state index >= 15 is 0 Å². The van der Waals surface area contributed by atoms with E-state index in [0.717, 1.165) is 16.8 Å². The smallest absolute Gasteiger partial charge is 0.128 e. The Kier molecular flexibility index (Phi) is 3.77. The van der Waals surface area contributed by atoms with E-state index in [1.54, 1.807) is 23.6 Å². The van der Waals surface area contributed by atoms with E-state index in [2.05, 4.69) is 43.3 Å². The molecular formula is C12H10BrN3S. The van der Waals surface area contributed by atoms with Crippen LogP contribution in [0.2, 0.25) is 0 Å². The van der Waals surface area contributed by atoms with Crippen molar-refractivity contribution in [3.8, 4) is 6.07 Å². The summed E-state index contributed by atoms with van der Waals surface area (Å²) in [5, 5.41) is 10.8. The molecule has 2 heterocycles. The van der Waals surface area contributed by atoms with Gasteiger partial charge < -0.3 is 4.90 Å². The van der Waals surface area contributed by atoms with Crippen molar-refractivity contribution in [3.63, 3.8) is 0 Å². The highest BCUT2D eigenvalue weighted by molar-refractivity contribution is 9.10. The minimum atomic E-state index is 0.584. The molecule has 17 heavy (non-hydrogen) atoms. The third-order valence-electron chi connectivity index (χ3n) is 2.28. The average Bonchev–Trinajstić information content (AvgIpc) is 2.75. The molecule has 0 aliphatic heterocycles. The van der Waals surface area contributed by atoms with E-state index < -0.39 is 0 Å². The zero-order valence-corrected chi connectivity index (χ0v) is 11.6. The standard InChI is InChI=1S/C12H10BrN3S/c1-16(7-11-4-10(13)8-17-11)12-3-2-9(5-14)6-15-12/h2-4,6,8H,7H2,1H3. The van der Waals surface area contributed by atoms with Gasteiger partial charge >= 0.3 is 0 Å². The molecule has 0 saturated carbocycles. The topological polar surface area (TPSA) is 39.9 Å². The summed E-state index contributed by atoms with van der Waals surface area (Å²) < 4.78 is 1.11. The predicted octanol–water partition coefficient (Wildman–Crippen LogP) is 3.41. The highest BCUT2D eigenvalue weighted by atomic mass is 79.9. The van der Waals surface area contributed by atoms with Gasteiger partial charge in [0.05, 0.1) is 12.1 Å². The van der Waals surface area contributed by atoms with Crippen LogP contribution in [-0.2, 0) is 6.54 Å². The molecule has 0 spiro atoms. The second-order valence-electron chi connectivity index (χ2n) is 3.60. The number of rotatable bonds is 3. The van der Waals surface area contributed by atoms with Crippen LogP contribution >= 0.6 is 27.3 Å². The number of nitrogens with zero attached hydrogens (tertiary/aromatic N) is 3. The van der Waals surface area contributed by atoms with E-state index in [4.69, 9.17) is 5.26 Å². The van der Waals surface area contributed by atoms with Gasteiger partial charge in [-0.1, -0.05) is 0 Å². The van der Waals surface area contributed by atoms with E-state index in [0.29, 0.717) is 5.56 Å². The van der Waals surface area contributed by atoms with Crippen molar-refractivity contribution in [3.05, 3.63) is 44.7 Å². The Morgan fingerprint density at radius 2 is 2.35 bits per heavy atom. The summed E-state index contributed by atoms with van der Waals surface area (Å²) in [5.41, 5.74) is 0.584. The number of pyridine rings is 1. The number of thiophene rings is 1. The highest BCUT2D eigenvalue weighted by Crippen LogP contribution is 2.22. The molecular weight excluding hydrogens is 298 g/mol. The van der Waals surface area contributed by atoms with Gasteiger partial charge in [-0.05, 0) is 34.1 Å². The van der Waals surface area contributed by atoms with Crippen molar-refractivity contribution in [2.24, 2.45) is 0 Å². The Hall–Kier alpha value is -1.38. The second kappa shape index (κ2) is 5.30. The highest BCUT2D eigenvalue weighted by Gasteiger charge is 2.05. The molecule has 2 aromatic heterocycles. The molecule has 0 N–H and O–H groups in total. The molecule has 0 aliphatic carbocycles. The zero-order chi connectivity index (χ0) is 12.3. The summed E-state index contributed by atoms with van der Waals surface area (Å²) in [4.78, 5) is 7.57. The van der Waals surface area contributed by atoms with Gasteiger partial charge in [0.2, 0.25) is 0 Å². The predicted molar refractivity (Wildman–Crippen MR) is 73.1 cm³/mol. The van der Waals surface area contributed by atoms with Crippen LogP contribution in [0, 0.1) is 11.3 Å². The lowest BCUT2D eigenvalue weighted by molar-refractivity contribution is 0.912.